The van der Waals surface area contributed by atoms with E-state index in [1.807, 2.05) is 54.3 Å². The molecule has 1 unspecified atom stereocenters. The summed E-state index contributed by atoms with van der Waals surface area (Å²) >= 11 is 0. The van der Waals surface area contributed by atoms with Crippen LogP contribution < -0.4 is 14.8 Å². The highest BCUT2D eigenvalue weighted by Crippen LogP contribution is 2.32. The summed E-state index contributed by atoms with van der Waals surface area (Å²) in [5, 5.41) is 3.10. The Morgan fingerprint density at radius 2 is 1.78 bits per heavy atom. The normalized spacial score (nSPS) is 17.6. The Labute approximate surface area is 159 Å². The minimum atomic E-state index is 0.00497. The number of fused-ring (bicyclic) bond motifs is 1. The molecule has 0 aliphatic carbocycles. The maximum Gasteiger partial charge on any atom is 0.317 e. The number of nitrogens with one attached hydrogen (secondary N) is 1. The van der Waals surface area contributed by atoms with Gasteiger partial charge in [0.1, 0.15) is 0 Å². The van der Waals surface area contributed by atoms with E-state index in [9.17, 15) is 4.79 Å². The molecule has 0 bridgehead atoms. The van der Waals surface area contributed by atoms with E-state index in [-0.39, 0.29) is 12.1 Å². The molecule has 0 spiro atoms. The number of rotatable bonds is 4. The third-order valence-corrected chi connectivity index (χ3v) is 5.14. The molecule has 2 aromatic carbocycles. The van der Waals surface area contributed by atoms with Gasteiger partial charge >= 0.3 is 6.03 Å². The number of ether oxygens (including phenoxy) is 2. The predicted octanol–water partition coefficient (Wildman–Crippen LogP) is 3.00. The number of piperazine rings is 1. The zero-order valence-electron chi connectivity index (χ0n) is 15.6. The predicted molar refractivity (Wildman–Crippen MR) is 103 cm³/mol. The molecule has 6 heteroatoms. The minimum Gasteiger partial charge on any atom is -0.454 e. The Morgan fingerprint density at radius 3 is 2.56 bits per heavy atom. The van der Waals surface area contributed by atoms with Gasteiger partial charge in [-0.2, -0.15) is 0 Å². The van der Waals surface area contributed by atoms with Gasteiger partial charge in [0.05, 0.1) is 6.04 Å². The molecule has 2 aliphatic heterocycles. The summed E-state index contributed by atoms with van der Waals surface area (Å²) in [5.74, 6) is 1.63. The first-order valence-corrected chi connectivity index (χ1v) is 9.40. The van der Waals surface area contributed by atoms with E-state index in [0.717, 1.165) is 49.8 Å². The maximum absolute atomic E-state index is 12.5. The fraction of sp³-hybridized carbons (Fsp3) is 0.381. The van der Waals surface area contributed by atoms with Crippen molar-refractivity contribution in [3.05, 3.63) is 59.7 Å². The quantitative estimate of drug-likeness (QED) is 0.903. The molecular weight excluding hydrogens is 342 g/mol. The van der Waals surface area contributed by atoms with Crippen LogP contribution in [0.2, 0.25) is 0 Å². The molecule has 1 atom stereocenters. The van der Waals surface area contributed by atoms with Gasteiger partial charge < -0.3 is 19.7 Å². The Bertz CT molecular complexity index is 789. The highest BCUT2D eigenvalue weighted by atomic mass is 16.7. The molecule has 0 radical (unpaired) electrons. The van der Waals surface area contributed by atoms with Crippen LogP contribution in [0.25, 0.3) is 0 Å². The van der Waals surface area contributed by atoms with Gasteiger partial charge in [0.2, 0.25) is 6.79 Å². The molecule has 27 heavy (non-hydrogen) atoms. The van der Waals surface area contributed by atoms with Crippen LogP contribution >= 0.6 is 0 Å². The first kappa shape index (κ1) is 17.7. The summed E-state index contributed by atoms with van der Waals surface area (Å²) in [4.78, 5) is 16.8. The lowest BCUT2D eigenvalue weighted by molar-refractivity contribution is 0.133. The lowest BCUT2D eigenvalue weighted by Gasteiger charge is -2.35. The molecule has 0 saturated carbocycles. The average Bonchev–Trinajstić information content (AvgIpc) is 3.17. The summed E-state index contributed by atoms with van der Waals surface area (Å²) in [6.07, 6.45) is 0. The van der Waals surface area contributed by atoms with Gasteiger partial charge in [-0.25, -0.2) is 4.79 Å². The summed E-state index contributed by atoms with van der Waals surface area (Å²) < 4.78 is 10.8. The number of carbonyl (C=O) groups excluding carboxylic acids is 1. The molecule has 2 heterocycles. The van der Waals surface area contributed by atoms with E-state index < -0.39 is 0 Å². The number of carbonyl (C=O) groups is 1. The van der Waals surface area contributed by atoms with Gasteiger partial charge in [0.25, 0.3) is 0 Å². The molecule has 2 amide bonds. The maximum atomic E-state index is 12.5. The Morgan fingerprint density at radius 1 is 1.04 bits per heavy atom. The highest BCUT2D eigenvalue weighted by Gasteiger charge is 2.23. The second-order valence-electron chi connectivity index (χ2n) is 7.03. The Hall–Kier alpha value is -2.73. The number of hydrogen-bond acceptors (Lipinski definition) is 4. The summed E-state index contributed by atoms with van der Waals surface area (Å²) in [5.41, 5.74) is 2.32. The molecule has 6 nitrogen and oxygen atoms in total. The number of nitrogens with zero attached hydrogens (tertiary/aromatic N) is 2. The van der Waals surface area contributed by atoms with Gasteiger partial charge in [0.15, 0.2) is 11.5 Å². The van der Waals surface area contributed by atoms with Crippen molar-refractivity contribution in [1.82, 2.24) is 15.1 Å². The fourth-order valence-electron chi connectivity index (χ4n) is 3.51. The second-order valence-corrected chi connectivity index (χ2v) is 7.03. The van der Waals surface area contributed by atoms with Crippen molar-refractivity contribution in [2.24, 2.45) is 0 Å². The van der Waals surface area contributed by atoms with Crippen molar-refractivity contribution in [1.29, 1.82) is 0 Å². The topological polar surface area (TPSA) is 54.0 Å². The fourth-order valence-corrected chi connectivity index (χ4v) is 3.51. The molecule has 2 aliphatic rings. The van der Waals surface area contributed by atoms with Crippen LogP contribution in [0.3, 0.4) is 0 Å². The van der Waals surface area contributed by atoms with Crippen molar-refractivity contribution >= 4 is 6.03 Å². The minimum absolute atomic E-state index is 0.00497. The molecule has 1 N–H and O–H groups in total. The van der Waals surface area contributed by atoms with E-state index in [0.29, 0.717) is 6.79 Å². The van der Waals surface area contributed by atoms with Gasteiger partial charge in [-0.05, 0) is 30.2 Å². The smallest absolute Gasteiger partial charge is 0.317 e. The molecule has 1 saturated heterocycles. The van der Waals surface area contributed by atoms with E-state index >= 15 is 0 Å². The average molecular weight is 367 g/mol. The van der Waals surface area contributed by atoms with Crippen molar-refractivity contribution in [2.45, 2.75) is 19.5 Å². The highest BCUT2D eigenvalue weighted by molar-refractivity contribution is 5.74. The van der Waals surface area contributed by atoms with Crippen molar-refractivity contribution < 1.29 is 14.3 Å². The molecule has 0 aromatic heterocycles. The summed E-state index contributed by atoms with van der Waals surface area (Å²) in [7, 11) is 0. The molecule has 2 aromatic rings. The summed E-state index contributed by atoms with van der Waals surface area (Å²) in [6.45, 7) is 6.36. The Balaban J connectivity index is 1.26. The van der Waals surface area contributed by atoms with Crippen LogP contribution in [0.1, 0.15) is 24.1 Å². The number of hydrogen-bond donors (Lipinski definition) is 1. The molecular formula is C21H25N3O3. The zero-order chi connectivity index (χ0) is 18.6. The third kappa shape index (κ3) is 4.17. The molecule has 1 fully saturated rings. The van der Waals surface area contributed by atoms with E-state index in [4.69, 9.17) is 9.47 Å². The molecule has 142 valence electrons. The standard InChI is InChI=1S/C21H25N3O3/c1-16(18-5-3-2-4-6-18)22-21(25)24-11-9-23(10-12-24)14-17-7-8-19-20(13-17)27-15-26-19/h2-8,13,16H,9-12,14-15H2,1H3,(H,22,25). The third-order valence-electron chi connectivity index (χ3n) is 5.14. The first-order valence-electron chi connectivity index (χ1n) is 9.40. The van der Waals surface area contributed by atoms with Gasteiger partial charge in [0, 0.05) is 32.7 Å². The summed E-state index contributed by atoms with van der Waals surface area (Å²) in [6, 6.07) is 16.1. The van der Waals surface area contributed by atoms with Crippen LogP contribution in [0.4, 0.5) is 4.79 Å². The van der Waals surface area contributed by atoms with E-state index in [2.05, 4.69) is 16.3 Å². The van der Waals surface area contributed by atoms with E-state index in [1.54, 1.807) is 0 Å². The van der Waals surface area contributed by atoms with Crippen LogP contribution in [0.5, 0.6) is 11.5 Å². The van der Waals surface area contributed by atoms with Crippen molar-refractivity contribution in [3.63, 3.8) is 0 Å². The number of benzene rings is 2. The van der Waals surface area contributed by atoms with Crippen LogP contribution in [-0.2, 0) is 6.54 Å². The van der Waals surface area contributed by atoms with Crippen LogP contribution in [0, 0.1) is 0 Å². The van der Waals surface area contributed by atoms with Crippen LogP contribution in [0.15, 0.2) is 48.5 Å². The lowest BCUT2D eigenvalue weighted by Crippen LogP contribution is -2.51. The lowest BCUT2D eigenvalue weighted by atomic mass is 10.1. The van der Waals surface area contributed by atoms with Crippen molar-refractivity contribution in [2.75, 3.05) is 33.0 Å². The molecule has 4 rings (SSSR count). The van der Waals surface area contributed by atoms with Gasteiger partial charge in [-0.1, -0.05) is 36.4 Å². The van der Waals surface area contributed by atoms with Gasteiger partial charge in [-0.15, -0.1) is 0 Å². The van der Waals surface area contributed by atoms with Crippen molar-refractivity contribution in [3.8, 4) is 11.5 Å². The number of urea groups is 1. The first-order chi connectivity index (χ1) is 13.2. The Kier molecular flexibility index (Phi) is 5.16. The zero-order valence-corrected chi connectivity index (χ0v) is 15.6. The van der Waals surface area contributed by atoms with Crippen LogP contribution in [-0.4, -0.2) is 48.8 Å². The SMILES string of the molecule is CC(NC(=O)N1CCN(Cc2ccc3c(c2)OCO3)CC1)c1ccccc1. The second kappa shape index (κ2) is 7.88. The monoisotopic (exact) mass is 367 g/mol. The number of amides is 2. The van der Waals surface area contributed by atoms with E-state index in [1.165, 1.54) is 5.56 Å². The largest absolute Gasteiger partial charge is 0.454 e. The van der Waals surface area contributed by atoms with Gasteiger partial charge in [-0.3, -0.25) is 4.90 Å².